The van der Waals surface area contributed by atoms with Gasteiger partial charge in [0.15, 0.2) is 11.6 Å². The molecule has 11 heteroatoms. The molecule has 0 unspecified atom stereocenters. The second-order valence-electron chi connectivity index (χ2n) is 15.4. The van der Waals surface area contributed by atoms with Crippen LogP contribution in [-0.2, 0) is 33.7 Å². The fraction of sp³-hybridized carbons (Fsp3) is 0.583. The Balaban J connectivity index is 2.05. The van der Waals surface area contributed by atoms with Gasteiger partial charge in [0.25, 0.3) is 0 Å². The van der Waals surface area contributed by atoms with Gasteiger partial charge in [-0.1, -0.05) is 23.7 Å². The van der Waals surface area contributed by atoms with Gasteiger partial charge in [-0.25, -0.2) is 18.2 Å². The number of esters is 1. The second kappa shape index (κ2) is 14.2. The number of rotatable bonds is 12. The quantitative estimate of drug-likeness (QED) is 0.193. The highest BCUT2D eigenvalue weighted by molar-refractivity contribution is 6.30. The van der Waals surface area contributed by atoms with Crippen molar-refractivity contribution in [3.05, 3.63) is 69.5 Å². The number of carbonyl (C=O) groups excluding carboxylic acids is 1. The van der Waals surface area contributed by atoms with Crippen LogP contribution >= 0.6 is 11.6 Å². The lowest BCUT2D eigenvalue weighted by molar-refractivity contribution is -0.167. The molecule has 0 saturated carbocycles. The van der Waals surface area contributed by atoms with Crippen molar-refractivity contribution in [3.63, 3.8) is 0 Å². The number of carbonyl (C=O) groups is 1. The first kappa shape index (κ1) is 38.3. The predicted molar refractivity (Wildman–Crippen MR) is 183 cm³/mol. The molecular formula is C36H51ClF3N5O2. The molecule has 0 spiro atoms. The van der Waals surface area contributed by atoms with E-state index in [0.29, 0.717) is 17.9 Å². The second-order valence-corrected chi connectivity index (χ2v) is 15.8. The Kier molecular flexibility index (Phi) is 11.6. The number of nitrogens with one attached hydrogen (secondary N) is 1. The summed E-state index contributed by atoms with van der Waals surface area (Å²) in [5.74, 6) is -1.18. The summed E-state index contributed by atoms with van der Waals surface area (Å²) in [7, 11) is 0. The number of aryl methyl sites for hydroxylation is 1. The highest BCUT2D eigenvalue weighted by atomic mass is 35.5. The van der Waals surface area contributed by atoms with Gasteiger partial charge in [0.1, 0.15) is 22.9 Å². The average molecular weight is 678 g/mol. The van der Waals surface area contributed by atoms with Gasteiger partial charge in [-0.05, 0) is 108 Å². The molecule has 260 valence electrons. The van der Waals surface area contributed by atoms with Gasteiger partial charge >= 0.3 is 5.97 Å². The molecule has 0 aliphatic heterocycles. The minimum Gasteiger partial charge on any atom is -0.460 e. The van der Waals surface area contributed by atoms with Crippen molar-refractivity contribution in [2.24, 2.45) is 5.41 Å². The number of hydrogen-bond acceptors (Lipinski definition) is 6. The zero-order valence-electron chi connectivity index (χ0n) is 29.9. The van der Waals surface area contributed by atoms with Gasteiger partial charge in [0, 0.05) is 41.9 Å². The Morgan fingerprint density at radius 1 is 1.02 bits per heavy atom. The van der Waals surface area contributed by atoms with Gasteiger partial charge in [-0.3, -0.25) is 14.4 Å². The first-order chi connectivity index (χ1) is 21.4. The maximum atomic E-state index is 16.2. The van der Waals surface area contributed by atoms with E-state index in [0.717, 1.165) is 5.69 Å². The van der Waals surface area contributed by atoms with Crippen molar-refractivity contribution in [3.8, 4) is 0 Å². The van der Waals surface area contributed by atoms with E-state index in [2.05, 4.69) is 15.4 Å². The molecule has 0 bridgehead atoms. The summed E-state index contributed by atoms with van der Waals surface area (Å²) in [5.41, 5.74) is -3.36. The first-order valence-electron chi connectivity index (χ1n) is 16.0. The summed E-state index contributed by atoms with van der Waals surface area (Å²) in [6.07, 6.45) is 0.0594. The monoisotopic (exact) mass is 677 g/mol. The van der Waals surface area contributed by atoms with Crippen molar-refractivity contribution in [2.45, 2.75) is 125 Å². The lowest BCUT2D eigenvalue weighted by atomic mass is 9.80. The highest BCUT2D eigenvalue weighted by Gasteiger charge is 2.40. The third-order valence-corrected chi connectivity index (χ3v) is 8.27. The van der Waals surface area contributed by atoms with E-state index in [1.54, 1.807) is 39.8 Å². The minimum atomic E-state index is -2.04. The summed E-state index contributed by atoms with van der Waals surface area (Å²) in [6, 6.07) is 8.02. The Bertz CT molecular complexity index is 1570. The number of hydrogen-bond donors (Lipinski definition) is 1. The van der Waals surface area contributed by atoms with Crippen molar-refractivity contribution in [1.82, 2.24) is 19.7 Å². The van der Waals surface area contributed by atoms with Gasteiger partial charge < -0.3 is 10.1 Å². The zero-order valence-corrected chi connectivity index (χ0v) is 30.7. The Morgan fingerprint density at radius 2 is 1.66 bits per heavy atom. The van der Waals surface area contributed by atoms with Crippen LogP contribution in [-0.4, -0.2) is 43.8 Å². The number of alkyl halides is 1. The summed E-state index contributed by atoms with van der Waals surface area (Å²) in [4.78, 5) is 20.4. The molecule has 3 rings (SSSR count). The summed E-state index contributed by atoms with van der Waals surface area (Å²) in [5, 5.41) is 7.80. The normalized spacial score (nSPS) is 14.1. The largest absolute Gasteiger partial charge is 0.460 e. The van der Waals surface area contributed by atoms with Gasteiger partial charge in [0.2, 0.25) is 0 Å². The fourth-order valence-corrected chi connectivity index (χ4v) is 5.57. The molecule has 0 saturated heterocycles. The highest BCUT2D eigenvalue weighted by Crippen LogP contribution is 2.37. The molecule has 1 atom stereocenters. The van der Waals surface area contributed by atoms with Crippen LogP contribution in [0, 0.1) is 24.0 Å². The van der Waals surface area contributed by atoms with E-state index in [1.807, 2.05) is 57.2 Å². The molecular weight excluding hydrogens is 627 g/mol. The number of benzene rings is 1. The standard InChI is InChI=1S/C36H51ClF3N5O2/c1-22(2)44(21-24-14-13-15-26(37)30(24)38)17-16-36(12,32(46)47-34(7,8)9)20-27-31(39)25(35(10,11)40)19-28(41-27)42-29-18-23(3)45(43-29)33(4,5)6/h13-15,18-19,22H,16-17,20-21H2,1-12H3,(H,41,42,43)/t36-/m0/s1. The van der Waals surface area contributed by atoms with Crippen LogP contribution in [0.15, 0.2) is 30.3 Å². The van der Waals surface area contributed by atoms with Gasteiger partial charge in [0.05, 0.1) is 21.7 Å². The van der Waals surface area contributed by atoms with Crippen molar-refractivity contribution < 1.29 is 22.7 Å². The molecule has 1 N–H and O–H groups in total. The molecule has 0 fully saturated rings. The molecule has 1 aromatic carbocycles. The van der Waals surface area contributed by atoms with E-state index >= 15 is 8.78 Å². The number of nitrogens with zero attached hydrogens (tertiary/aromatic N) is 4. The van der Waals surface area contributed by atoms with Crippen LogP contribution in [0.1, 0.15) is 105 Å². The van der Waals surface area contributed by atoms with E-state index in [9.17, 15) is 9.18 Å². The molecule has 0 radical (unpaired) electrons. The van der Waals surface area contributed by atoms with E-state index in [4.69, 9.17) is 16.3 Å². The molecule has 3 aromatic rings. The third-order valence-electron chi connectivity index (χ3n) is 7.98. The Labute approximate surface area is 283 Å². The predicted octanol–water partition coefficient (Wildman–Crippen LogP) is 9.41. The minimum absolute atomic E-state index is 0.0195. The zero-order chi connectivity index (χ0) is 35.7. The van der Waals surface area contributed by atoms with Crippen LogP contribution in [0.3, 0.4) is 0 Å². The molecule has 2 heterocycles. The summed E-state index contributed by atoms with van der Waals surface area (Å²) < 4.78 is 54.2. The third kappa shape index (κ3) is 9.95. The number of pyridine rings is 1. The van der Waals surface area contributed by atoms with Crippen molar-refractivity contribution in [1.29, 1.82) is 0 Å². The lowest BCUT2D eigenvalue weighted by Gasteiger charge is -2.35. The van der Waals surface area contributed by atoms with Crippen LogP contribution in [0.2, 0.25) is 5.02 Å². The van der Waals surface area contributed by atoms with E-state index < -0.39 is 34.3 Å². The molecule has 0 amide bonds. The maximum absolute atomic E-state index is 16.2. The van der Waals surface area contributed by atoms with Crippen molar-refractivity contribution in [2.75, 3.05) is 11.9 Å². The van der Waals surface area contributed by atoms with Crippen molar-refractivity contribution >= 4 is 29.2 Å². The molecule has 7 nitrogen and oxygen atoms in total. The van der Waals surface area contributed by atoms with Crippen LogP contribution in [0.4, 0.5) is 24.8 Å². The Morgan fingerprint density at radius 3 is 2.19 bits per heavy atom. The fourth-order valence-electron chi connectivity index (χ4n) is 5.37. The number of anilines is 2. The van der Waals surface area contributed by atoms with E-state index in [-0.39, 0.29) is 53.1 Å². The topological polar surface area (TPSA) is 72.3 Å². The SMILES string of the molecule is Cc1cc(Nc2cc(C(C)(C)F)c(F)c(C[C@](C)(CCN(Cc3cccc(Cl)c3F)C(C)C)C(=O)OC(C)(C)C)n2)nn1C(C)(C)C. The Hall–Kier alpha value is -3.11. The number of halogens is 4. The molecule has 47 heavy (non-hydrogen) atoms. The number of aromatic nitrogens is 3. The van der Waals surface area contributed by atoms with Gasteiger partial charge in [-0.2, -0.15) is 5.10 Å². The van der Waals surface area contributed by atoms with E-state index in [1.165, 1.54) is 26.0 Å². The first-order valence-corrected chi connectivity index (χ1v) is 16.4. The van der Waals surface area contributed by atoms with Gasteiger partial charge in [-0.15, -0.1) is 0 Å². The summed E-state index contributed by atoms with van der Waals surface area (Å²) >= 11 is 6.04. The molecule has 0 aliphatic rings. The van der Waals surface area contributed by atoms with Crippen LogP contribution < -0.4 is 5.32 Å². The molecule has 0 aliphatic carbocycles. The lowest BCUT2D eigenvalue weighted by Crippen LogP contribution is -2.41. The summed E-state index contributed by atoms with van der Waals surface area (Å²) in [6.45, 7) is 22.1. The smallest absolute Gasteiger partial charge is 0.312 e. The molecule has 2 aromatic heterocycles. The van der Waals surface area contributed by atoms with Crippen LogP contribution in [0.5, 0.6) is 0 Å². The maximum Gasteiger partial charge on any atom is 0.312 e. The van der Waals surface area contributed by atoms with Crippen LogP contribution in [0.25, 0.3) is 0 Å². The number of ether oxygens (including phenoxy) is 1. The average Bonchev–Trinajstić information content (AvgIpc) is 3.29.